The first-order chi connectivity index (χ1) is 8.06. The van der Waals surface area contributed by atoms with Crippen molar-refractivity contribution < 1.29 is 8.78 Å². The third kappa shape index (κ3) is 3.03. The molecular formula is C12H17BrF2N2. The lowest BCUT2D eigenvalue weighted by molar-refractivity contribution is 0.325. The summed E-state index contributed by atoms with van der Waals surface area (Å²) in [5.74, 6) is 4.39. The van der Waals surface area contributed by atoms with Gasteiger partial charge >= 0.3 is 0 Å². The highest BCUT2D eigenvalue weighted by atomic mass is 79.9. The molecule has 1 aromatic rings. The molecule has 5 heteroatoms. The summed E-state index contributed by atoms with van der Waals surface area (Å²) >= 11 is 3.06. The molecule has 0 aliphatic heterocycles. The zero-order valence-electron chi connectivity index (χ0n) is 9.93. The molecule has 0 aliphatic rings. The summed E-state index contributed by atoms with van der Waals surface area (Å²) in [7, 11) is 0. The lowest BCUT2D eigenvalue weighted by atomic mass is 9.89. The van der Waals surface area contributed by atoms with Crippen molar-refractivity contribution in [3.8, 4) is 0 Å². The van der Waals surface area contributed by atoms with Crippen molar-refractivity contribution in [1.29, 1.82) is 0 Å². The number of hydrogen-bond donors (Lipinski definition) is 2. The molecule has 1 rings (SSSR count). The maximum atomic E-state index is 14.0. The van der Waals surface area contributed by atoms with Crippen LogP contribution >= 0.6 is 15.9 Å². The van der Waals surface area contributed by atoms with E-state index in [9.17, 15) is 8.78 Å². The average Bonchev–Trinajstić information content (AvgIpc) is 2.33. The van der Waals surface area contributed by atoms with Crippen LogP contribution in [0.15, 0.2) is 16.6 Å². The van der Waals surface area contributed by atoms with Crippen LogP contribution in [0.3, 0.4) is 0 Å². The molecule has 96 valence electrons. The molecule has 17 heavy (non-hydrogen) atoms. The number of halogens is 3. The van der Waals surface area contributed by atoms with Crippen molar-refractivity contribution in [2.24, 2.45) is 11.8 Å². The summed E-state index contributed by atoms with van der Waals surface area (Å²) in [6, 6.07) is 2.09. The second-order valence-electron chi connectivity index (χ2n) is 3.98. The number of hydrazine groups is 1. The molecule has 3 N–H and O–H groups in total. The monoisotopic (exact) mass is 306 g/mol. The van der Waals surface area contributed by atoms with Crippen LogP contribution in [-0.2, 0) is 0 Å². The Bertz CT molecular complexity index is 381. The van der Waals surface area contributed by atoms with Gasteiger partial charge < -0.3 is 0 Å². The van der Waals surface area contributed by atoms with Gasteiger partial charge in [-0.3, -0.25) is 11.3 Å². The van der Waals surface area contributed by atoms with Gasteiger partial charge in [-0.2, -0.15) is 0 Å². The Labute approximate surface area is 109 Å². The van der Waals surface area contributed by atoms with E-state index < -0.39 is 17.7 Å². The van der Waals surface area contributed by atoms with Gasteiger partial charge in [-0.1, -0.05) is 26.7 Å². The van der Waals surface area contributed by atoms with Gasteiger partial charge in [0.05, 0.1) is 10.5 Å². The highest BCUT2D eigenvalue weighted by Crippen LogP contribution is 2.33. The van der Waals surface area contributed by atoms with Crippen LogP contribution in [-0.4, -0.2) is 0 Å². The normalized spacial score (nSPS) is 13.1. The van der Waals surface area contributed by atoms with Crippen molar-refractivity contribution >= 4 is 15.9 Å². The highest BCUT2D eigenvalue weighted by Gasteiger charge is 2.26. The first-order valence-electron chi connectivity index (χ1n) is 5.66. The van der Waals surface area contributed by atoms with Crippen molar-refractivity contribution in [2.45, 2.75) is 32.7 Å². The molecule has 0 saturated heterocycles. The molecule has 0 aliphatic carbocycles. The van der Waals surface area contributed by atoms with E-state index in [2.05, 4.69) is 21.4 Å². The van der Waals surface area contributed by atoms with Gasteiger partial charge in [0.25, 0.3) is 0 Å². The van der Waals surface area contributed by atoms with Crippen LogP contribution in [0.4, 0.5) is 8.78 Å². The minimum absolute atomic E-state index is 0.00979. The SMILES string of the molecule is CCC(CC)C(NN)c1c(F)ccc(Br)c1F. The highest BCUT2D eigenvalue weighted by molar-refractivity contribution is 9.10. The van der Waals surface area contributed by atoms with Crippen LogP contribution in [0.25, 0.3) is 0 Å². The fourth-order valence-electron chi connectivity index (χ4n) is 2.04. The largest absolute Gasteiger partial charge is 0.271 e. The lowest BCUT2D eigenvalue weighted by Gasteiger charge is -2.26. The summed E-state index contributed by atoms with van der Waals surface area (Å²) in [6.45, 7) is 3.96. The standard InChI is InChI=1S/C12H17BrF2N2/c1-3-7(4-2)12(17-16)10-9(14)6-5-8(13)11(10)15/h5-7,12,17H,3-4,16H2,1-2H3. The van der Waals surface area contributed by atoms with Gasteiger partial charge in [0.15, 0.2) is 0 Å². The molecule has 0 spiro atoms. The third-order valence-corrected chi connectivity index (χ3v) is 3.70. The van der Waals surface area contributed by atoms with Crippen LogP contribution < -0.4 is 11.3 Å². The van der Waals surface area contributed by atoms with Crippen molar-refractivity contribution in [3.05, 3.63) is 33.8 Å². The fourth-order valence-corrected chi connectivity index (χ4v) is 2.39. The smallest absolute Gasteiger partial charge is 0.145 e. The Hall–Kier alpha value is -0.520. The number of nitrogens with two attached hydrogens (primary N) is 1. The van der Waals surface area contributed by atoms with Crippen LogP contribution in [0.5, 0.6) is 0 Å². The third-order valence-electron chi connectivity index (χ3n) is 3.09. The van der Waals surface area contributed by atoms with Gasteiger partial charge in [0.2, 0.25) is 0 Å². The van der Waals surface area contributed by atoms with E-state index in [1.165, 1.54) is 12.1 Å². The van der Waals surface area contributed by atoms with Gasteiger partial charge in [0, 0.05) is 5.56 Å². The maximum Gasteiger partial charge on any atom is 0.145 e. The minimum Gasteiger partial charge on any atom is -0.271 e. The molecular weight excluding hydrogens is 290 g/mol. The van der Waals surface area contributed by atoms with E-state index in [0.717, 1.165) is 12.8 Å². The molecule has 0 radical (unpaired) electrons. The topological polar surface area (TPSA) is 38.0 Å². The minimum atomic E-state index is -0.583. The van der Waals surface area contributed by atoms with E-state index in [4.69, 9.17) is 5.84 Å². The molecule has 0 bridgehead atoms. The summed E-state index contributed by atoms with van der Waals surface area (Å²) < 4.78 is 27.9. The van der Waals surface area contributed by atoms with Gasteiger partial charge in [-0.05, 0) is 34.0 Å². The summed E-state index contributed by atoms with van der Waals surface area (Å²) in [6.07, 6.45) is 1.60. The van der Waals surface area contributed by atoms with E-state index in [1.54, 1.807) is 0 Å². The molecule has 0 fully saturated rings. The van der Waals surface area contributed by atoms with Gasteiger partial charge in [0.1, 0.15) is 11.6 Å². The van der Waals surface area contributed by atoms with Crippen LogP contribution in [0.2, 0.25) is 0 Å². The number of hydrogen-bond acceptors (Lipinski definition) is 2. The fraction of sp³-hybridized carbons (Fsp3) is 0.500. The Morgan fingerprint density at radius 3 is 2.35 bits per heavy atom. The number of benzene rings is 1. The zero-order chi connectivity index (χ0) is 13.0. The molecule has 0 amide bonds. The zero-order valence-corrected chi connectivity index (χ0v) is 11.5. The number of rotatable bonds is 5. The van der Waals surface area contributed by atoms with E-state index in [-0.39, 0.29) is 16.0 Å². The first kappa shape index (κ1) is 14.5. The molecule has 1 unspecified atom stereocenters. The Morgan fingerprint density at radius 2 is 1.88 bits per heavy atom. The molecule has 0 heterocycles. The van der Waals surface area contributed by atoms with Crippen LogP contribution in [0.1, 0.15) is 38.3 Å². The summed E-state index contributed by atoms with van der Waals surface area (Å²) in [5, 5.41) is 0. The quantitative estimate of drug-likeness (QED) is 0.495. The molecule has 1 atom stereocenters. The van der Waals surface area contributed by atoms with Crippen LogP contribution in [0, 0.1) is 17.6 Å². The predicted molar refractivity (Wildman–Crippen MR) is 68.2 cm³/mol. The second-order valence-corrected chi connectivity index (χ2v) is 4.83. The second kappa shape index (κ2) is 6.42. The van der Waals surface area contributed by atoms with Crippen molar-refractivity contribution in [2.75, 3.05) is 0 Å². The molecule has 0 saturated carbocycles. The summed E-state index contributed by atoms with van der Waals surface area (Å²) in [5.41, 5.74) is 2.54. The summed E-state index contributed by atoms with van der Waals surface area (Å²) in [4.78, 5) is 0. The Kier molecular flexibility index (Phi) is 5.49. The molecule has 2 nitrogen and oxygen atoms in total. The molecule has 1 aromatic carbocycles. The van der Waals surface area contributed by atoms with Gasteiger partial charge in [-0.25, -0.2) is 8.78 Å². The average molecular weight is 307 g/mol. The van der Waals surface area contributed by atoms with Crippen molar-refractivity contribution in [3.63, 3.8) is 0 Å². The van der Waals surface area contributed by atoms with E-state index >= 15 is 0 Å². The van der Waals surface area contributed by atoms with Gasteiger partial charge in [-0.15, -0.1) is 0 Å². The predicted octanol–water partition coefficient (Wildman–Crippen LogP) is 3.67. The van der Waals surface area contributed by atoms with E-state index in [1.807, 2.05) is 13.8 Å². The Morgan fingerprint density at radius 1 is 1.29 bits per heavy atom. The lowest BCUT2D eigenvalue weighted by Crippen LogP contribution is -2.34. The number of nitrogens with one attached hydrogen (secondary N) is 1. The van der Waals surface area contributed by atoms with E-state index in [0.29, 0.717) is 0 Å². The van der Waals surface area contributed by atoms with Crippen molar-refractivity contribution in [1.82, 2.24) is 5.43 Å². The molecule has 0 aromatic heterocycles. The maximum absolute atomic E-state index is 14.0. The first-order valence-corrected chi connectivity index (χ1v) is 6.45. The Balaban J connectivity index is 3.24.